The first-order valence-corrected chi connectivity index (χ1v) is 8.87. The average molecular weight is 327 g/mol. The number of methoxy groups -OCH3 is 1. The van der Waals surface area contributed by atoms with E-state index in [0.29, 0.717) is 19.6 Å². The quantitative estimate of drug-likeness (QED) is 0.727. The van der Waals surface area contributed by atoms with Crippen molar-refractivity contribution in [2.75, 3.05) is 73.2 Å². The molecule has 0 saturated carbocycles. The number of piperazine rings is 1. The number of carbonyl (C=O) groups excluding carboxylic acids is 1. The van der Waals surface area contributed by atoms with Gasteiger partial charge in [0.1, 0.15) is 0 Å². The summed E-state index contributed by atoms with van der Waals surface area (Å²) in [6, 6.07) is 0. The van der Waals surface area contributed by atoms with Crippen LogP contribution in [0.2, 0.25) is 0 Å². The lowest BCUT2D eigenvalue weighted by Gasteiger charge is -2.42. The molecule has 6 heteroatoms. The third-order valence-electron chi connectivity index (χ3n) is 5.42. The summed E-state index contributed by atoms with van der Waals surface area (Å²) in [5.41, 5.74) is -0.169. The Balaban J connectivity index is 1.79. The van der Waals surface area contributed by atoms with E-state index in [-0.39, 0.29) is 17.9 Å². The molecule has 2 fully saturated rings. The van der Waals surface area contributed by atoms with Gasteiger partial charge in [0.25, 0.3) is 0 Å². The smallest absolute Gasteiger partial charge is 0.223 e. The average Bonchev–Trinajstić information content (AvgIpc) is 2.59. The van der Waals surface area contributed by atoms with Crippen molar-refractivity contribution in [2.24, 2.45) is 5.41 Å². The van der Waals surface area contributed by atoms with Crippen LogP contribution < -0.4 is 0 Å². The highest BCUT2D eigenvalue weighted by Crippen LogP contribution is 2.33. The number of likely N-dealkylation sites (tertiary alicyclic amines) is 1. The number of likely N-dealkylation sites (N-methyl/N-ethyl adjacent to an activating group) is 1. The Morgan fingerprint density at radius 1 is 1.22 bits per heavy atom. The molecule has 2 saturated heterocycles. The van der Waals surface area contributed by atoms with Gasteiger partial charge in [-0.25, -0.2) is 0 Å². The zero-order chi connectivity index (χ0) is 16.7. The molecule has 2 aliphatic heterocycles. The molecule has 2 rings (SSSR count). The van der Waals surface area contributed by atoms with E-state index in [0.717, 1.165) is 58.5 Å². The Labute approximate surface area is 140 Å². The zero-order valence-electron chi connectivity index (χ0n) is 14.8. The molecule has 2 heterocycles. The number of nitrogens with zero attached hydrogens (tertiary/aromatic N) is 3. The highest BCUT2D eigenvalue weighted by Gasteiger charge is 2.36. The van der Waals surface area contributed by atoms with Gasteiger partial charge in [-0.2, -0.15) is 0 Å². The van der Waals surface area contributed by atoms with E-state index < -0.39 is 0 Å². The van der Waals surface area contributed by atoms with Gasteiger partial charge < -0.3 is 24.5 Å². The van der Waals surface area contributed by atoms with Gasteiger partial charge in [-0.3, -0.25) is 4.79 Å². The van der Waals surface area contributed by atoms with Gasteiger partial charge >= 0.3 is 0 Å². The number of rotatable bonds is 7. The minimum atomic E-state index is -0.169. The summed E-state index contributed by atoms with van der Waals surface area (Å²) >= 11 is 0. The first kappa shape index (κ1) is 18.6. The second-order valence-corrected chi connectivity index (χ2v) is 7.21. The number of ether oxygens (including phenoxy) is 1. The largest absolute Gasteiger partial charge is 0.396 e. The van der Waals surface area contributed by atoms with Gasteiger partial charge in [-0.05, 0) is 26.3 Å². The second-order valence-electron chi connectivity index (χ2n) is 7.21. The van der Waals surface area contributed by atoms with Crippen LogP contribution in [0.25, 0.3) is 0 Å². The number of amides is 1. The van der Waals surface area contributed by atoms with E-state index in [4.69, 9.17) is 4.74 Å². The summed E-state index contributed by atoms with van der Waals surface area (Å²) in [6.45, 7) is 7.42. The summed E-state index contributed by atoms with van der Waals surface area (Å²) in [6.07, 6.45) is 3.37. The van der Waals surface area contributed by atoms with E-state index in [1.54, 1.807) is 7.11 Å². The van der Waals surface area contributed by atoms with Crippen molar-refractivity contribution < 1.29 is 14.6 Å². The Bertz CT molecular complexity index is 372. The number of hydrogen-bond acceptors (Lipinski definition) is 5. The number of piperidine rings is 1. The molecule has 0 bridgehead atoms. The highest BCUT2D eigenvalue weighted by atomic mass is 16.5. The normalized spacial score (nSPS) is 27.3. The number of aliphatic hydroxyl groups is 1. The van der Waals surface area contributed by atoms with Gasteiger partial charge in [-0.1, -0.05) is 0 Å². The molecule has 0 radical (unpaired) electrons. The lowest BCUT2D eigenvalue weighted by Crippen LogP contribution is -2.49. The van der Waals surface area contributed by atoms with Crippen LogP contribution in [0.15, 0.2) is 0 Å². The minimum Gasteiger partial charge on any atom is -0.396 e. The van der Waals surface area contributed by atoms with E-state index in [1.807, 2.05) is 4.90 Å². The molecule has 6 nitrogen and oxygen atoms in total. The van der Waals surface area contributed by atoms with Crippen molar-refractivity contribution in [1.29, 1.82) is 0 Å². The number of hydrogen-bond donors (Lipinski definition) is 1. The fraction of sp³-hybridized carbons (Fsp3) is 0.941. The molecule has 1 amide bonds. The fourth-order valence-corrected chi connectivity index (χ4v) is 3.63. The highest BCUT2D eigenvalue weighted by molar-refractivity contribution is 5.76. The van der Waals surface area contributed by atoms with Crippen molar-refractivity contribution >= 4 is 5.91 Å². The fourth-order valence-electron chi connectivity index (χ4n) is 3.63. The maximum absolute atomic E-state index is 12.6. The van der Waals surface area contributed by atoms with E-state index in [9.17, 15) is 9.90 Å². The van der Waals surface area contributed by atoms with Crippen LogP contribution in [-0.4, -0.2) is 98.9 Å². The molecule has 2 aliphatic rings. The molecule has 134 valence electrons. The third kappa shape index (κ3) is 5.41. The van der Waals surface area contributed by atoms with Gasteiger partial charge in [-0.15, -0.1) is 0 Å². The molecule has 0 aliphatic carbocycles. The lowest BCUT2D eigenvalue weighted by atomic mass is 9.78. The first-order chi connectivity index (χ1) is 11.1. The first-order valence-electron chi connectivity index (χ1n) is 8.87. The predicted molar refractivity (Wildman–Crippen MR) is 90.4 cm³/mol. The Morgan fingerprint density at radius 3 is 2.61 bits per heavy atom. The molecule has 1 N–H and O–H groups in total. The van der Waals surface area contributed by atoms with Crippen LogP contribution in [0, 0.1) is 5.41 Å². The standard InChI is InChI=1S/C17H33N3O3/c1-18-9-11-19(12-10-18)8-4-16(22)20-7-3-5-17(14-20,15-21)6-13-23-2/h21H,3-15H2,1-2H3. The molecular weight excluding hydrogens is 294 g/mol. The van der Waals surface area contributed by atoms with Gasteiger partial charge in [0.2, 0.25) is 5.91 Å². The Kier molecular flexibility index (Phi) is 7.27. The van der Waals surface area contributed by atoms with Gasteiger partial charge in [0.15, 0.2) is 0 Å². The van der Waals surface area contributed by atoms with Crippen molar-refractivity contribution in [3.05, 3.63) is 0 Å². The van der Waals surface area contributed by atoms with Crippen LogP contribution in [0.3, 0.4) is 0 Å². The molecule has 0 spiro atoms. The maximum Gasteiger partial charge on any atom is 0.223 e. The van der Waals surface area contributed by atoms with E-state index in [1.165, 1.54) is 0 Å². The molecule has 23 heavy (non-hydrogen) atoms. The zero-order valence-corrected chi connectivity index (χ0v) is 14.8. The molecule has 0 aromatic rings. The molecule has 1 unspecified atom stereocenters. The monoisotopic (exact) mass is 327 g/mol. The molecule has 1 atom stereocenters. The van der Waals surface area contributed by atoms with Crippen LogP contribution in [0.4, 0.5) is 0 Å². The summed E-state index contributed by atoms with van der Waals surface area (Å²) < 4.78 is 5.18. The minimum absolute atomic E-state index is 0.137. The second kappa shape index (κ2) is 8.97. The summed E-state index contributed by atoms with van der Waals surface area (Å²) in [4.78, 5) is 19.2. The van der Waals surface area contributed by atoms with Crippen molar-refractivity contribution in [3.63, 3.8) is 0 Å². The topological polar surface area (TPSA) is 56.3 Å². The SMILES string of the molecule is COCCC1(CO)CCCN(C(=O)CCN2CCN(C)CC2)C1. The van der Waals surface area contributed by atoms with Crippen molar-refractivity contribution in [3.8, 4) is 0 Å². The number of carbonyl (C=O) groups is 1. The lowest BCUT2D eigenvalue weighted by molar-refractivity contribution is -0.136. The van der Waals surface area contributed by atoms with Crippen LogP contribution in [0.1, 0.15) is 25.7 Å². The van der Waals surface area contributed by atoms with E-state index >= 15 is 0 Å². The molecule has 0 aromatic carbocycles. The van der Waals surface area contributed by atoms with Gasteiger partial charge in [0.05, 0.1) is 6.61 Å². The summed E-state index contributed by atoms with van der Waals surface area (Å²) in [5, 5.41) is 9.82. The Morgan fingerprint density at radius 2 is 1.96 bits per heavy atom. The van der Waals surface area contributed by atoms with Gasteiger partial charge in [0, 0.05) is 71.4 Å². The van der Waals surface area contributed by atoms with Crippen LogP contribution in [-0.2, 0) is 9.53 Å². The molecular formula is C17H33N3O3. The van der Waals surface area contributed by atoms with Crippen molar-refractivity contribution in [1.82, 2.24) is 14.7 Å². The third-order valence-corrected chi connectivity index (χ3v) is 5.42. The summed E-state index contributed by atoms with van der Waals surface area (Å²) in [5.74, 6) is 0.235. The summed E-state index contributed by atoms with van der Waals surface area (Å²) in [7, 11) is 3.83. The van der Waals surface area contributed by atoms with Crippen LogP contribution in [0.5, 0.6) is 0 Å². The van der Waals surface area contributed by atoms with E-state index in [2.05, 4.69) is 16.8 Å². The number of aliphatic hydroxyl groups excluding tert-OH is 1. The Hall–Kier alpha value is -0.690. The van der Waals surface area contributed by atoms with Crippen LogP contribution >= 0.6 is 0 Å². The predicted octanol–water partition coefficient (Wildman–Crippen LogP) is 0.262. The maximum atomic E-state index is 12.6. The van der Waals surface area contributed by atoms with Crippen molar-refractivity contribution in [2.45, 2.75) is 25.7 Å². The molecule has 0 aromatic heterocycles.